The van der Waals surface area contributed by atoms with Crippen molar-refractivity contribution in [3.63, 3.8) is 0 Å². The minimum atomic E-state index is -0.534. The van der Waals surface area contributed by atoms with Crippen molar-refractivity contribution in [2.75, 3.05) is 5.73 Å². The summed E-state index contributed by atoms with van der Waals surface area (Å²) >= 11 is 0. The number of nitrogen functional groups attached to an aromatic ring is 1. The van der Waals surface area contributed by atoms with Crippen molar-refractivity contribution < 1.29 is 4.79 Å². The van der Waals surface area contributed by atoms with Crippen LogP contribution in [-0.2, 0) is 11.2 Å². The van der Waals surface area contributed by atoms with Crippen LogP contribution >= 0.6 is 0 Å². The second kappa shape index (κ2) is 3.88. The number of hydrogen-bond donors (Lipinski definition) is 2. The zero-order valence-electron chi connectivity index (χ0n) is 6.66. The summed E-state index contributed by atoms with van der Waals surface area (Å²) in [7, 11) is 0. The van der Waals surface area contributed by atoms with E-state index in [1.807, 2.05) is 12.1 Å². The molecule has 0 spiro atoms. The minimum absolute atomic E-state index is 0.518. The van der Waals surface area contributed by atoms with Gasteiger partial charge in [0.25, 0.3) is 0 Å². The lowest BCUT2D eigenvalue weighted by Gasteiger charge is -2.02. The summed E-state index contributed by atoms with van der Waals surface area (Å²) in [6, 6.07) is 6.74. The van der Waals surface area contributed by atoms with Crippen LogP contribution in [0.25, 0.3) is 0 Å². The molecule has 0 aliphatic rings. The largest absolute Gasteiger partial charge is 0.399 e. The van der Waals surface area contributed by atoms with Crippen molar-refractivity contribution in [2.24, 2.45) is 5.73 Å². The van der Waals surface area contributed by atoms with Gasteiger partial charge in [0.1, 0.15) is 0 Å². The van der Waals surface area contributed by atoms with Gasteiger partial charge in [-0.1, -0.05) is 12.1 Å². The fraction of sp³-hybridized carbons (Fsp3) is 0.222. The Balaban J connectivity index is 2.64. The Morgan fingerprint density at radius 2 is 1.92 bits per heavy atom. The Kier molecular flexibility index (Phi) is 2.82. The van der Waals surface area contributed by atoms with Crippen molar-refractivity contribution >= 4 is 12.0 Å². The predicted octanol–water partition coefficient (Wildman–Crippen LogP) is 0.248. The molecule has 0 saturated heterocycles. The SMILES string of the molecule is Nc1ccc(CC(N)[C]=O)cc1. The normalized spacial score (nSPS) is 12.4. The highest BCUT2D eigenvalue weighted by Crippen LogP contribution is 2.06. The third-order valence-electron chi connectivity index (χ3n) is 1.59. The van der Waals surface area contributed by atoms with Crippen LogP contribution < -0.4 is 11.5 Å². The zero-order chi connectivity index (χ0) is 8.97. The first-order chi connectivity index (χ1) is 5.72. The van der Waals surface area contributed by atoms with Crippen LogP contribution in [0.15, 0.2) is 24.3 Å². The molecular formula is C9H11N2O. The molecule has 63 valence electrons. The summed E-state index contributed by atoms with van der Waals surface area (Å²) in [5, 5.41) is 0. The molecule has 1 aromatic rings. The lowest BCUT2D eigenvalue weighted by atomic mass is 10.1. The maximum atomic E-state index is 10.1. The number of hydrogen-bond acceptors (Lipinski definition) is 3. The standard InChI is InChI=1S/C9H11N2O/c10-8-3-1-7(2-4-8)5-9(11)6-12/h1-4,9H,5,10-11H2. The first-order valence-corrected chi connectivity index (χ1v) is 3.70. The zero-order valence-corrected chi connectivity index (χ0v) is 6.66. The Morgan fingerprint density at radius 1 is 1.33 bits per heavy atom. The molecular weight excluding hydrogens is 152 g/mol. The van der Waals surface area contributed by atoms with Crippen molar-refractivity contribution in [1.82, 2.24) is 0 Å². The van der Waals surface area contributed by atoms with E-state index in [1.54, 1.807) is 18.4 Å². The summed E-state index contributed by atoms with van der Waals surface area (Å²) in [4.78, 5) is 10.1. The molecule has 0 amide bonds. The molecule has 1 rings (SSSR count). The third-order valence-corrected chi connectivity index (χ3v) is 1.59. The van der Waals surface area contributed by atoms with Crippen LogP contribution in [0.5, 0.6) is 0 Å². The molecule has 0 aliphatic heterocycles. The van der Waals surface area contributed by atoms with Gasteiger partial charge < -0.3 is 11.5 Å². The van der Waals surface area contributed by atoms with Crippen LogP contribution in [-0.4, -0.2) is 12.3 Å². The molecule has 3 heteroatoms. The molecule has 3 nitrogen and oxygen atoms in total. The number of rotatable bonds is 3. The van der Waals surface area contributed by atoms with Gasteiger partial charge in [-0.2, -0.15) is 0 Å². The second-order valence-corrected chi connectivity index (χ2v) is 2.67. The smallest absolute Gasteiger partial charge is 0.217 e. The van der Waals surface area contributed by atoms with Crippen LogP contribution in [0, 0.1) is 0 Å². The van der Waals surface area contributed by atoms with Gasteiger partial charge in [0.15, 0.2) is 0 Å². The van der Waals surface area contributed by atoms with E-state index in [4.69, 9.17) is 11.5 Å². The van der Waals surface area contributed by atoms with Gasteiger partial charge in [0, 0.05) is 5.69 Å². The highest BCUT2D eigenvalue weighted by Gasteiger charge is 2.01. The summed E-state index contributed by atoms with van der Waals surface area (Å²) in [5.41, 5.74) is 12.6. The molecule has 1 radical (unpaired) electrons. The molecule has 0 bridgehead atoms. The van der Waals surface area contributed by atoms with E-state index in [-0.39, 0.29) is 0 Å². The van der Waals surface area contributed by atoms with Crippen molar-refractivity contribution in [2.45, 2.75) is 12.5 Å². The monoisotopic (exact) mass is 163 g/mol. The summed E-state index contributed by atoms with van der Waals surface area (Å²) in [5.74, 6) is 0. The Hall–Kier alpha value is -1.35. The number of anilines is 1. The van der Waals surface area contributed by atoms with Crippen LogP contribution in [0.2, 0.25) is 0 Å². The van der Waals surface area contributed by atoms with Crippen LogP contribution in [0.4, 0.5) is 5.69 Å². The van der Waals surface area contributed by atoms with E-state index in [1.165, 1.54) is 0 Å². The molecule has 0 aromatic heterocycles. The number of nitrogens with two attached hydrogens (primary N) is 2. The lowest BCUT2D eigenvalue weighted by Crippen LogP contribution is -2.23. The van der Waals surface area contributed by atoms with E-state index >= 15 is 0 Å². The van der Waals surface area contributed by atoms with E-state index in [9.17, 15) is 4.79 Å². The fourth-order valence-electron chi connectivity index (χ4n) is 0.949. The van der Waals surface area contributed by atoms with Crippen molar-refractivity contribution in [3.05, 3.63) is 29.8 Å². The van der Waals surface area contributed by atoms with Crippen LogP contribution in [0.1, 0.15) is 5.56 Å². The highest BCUT2D eigenvalue weighted by molar-refractivity contribution is 5.58. The van der Waals surface area contributed by atoms with Gasteiger partial charge in [-0.25, -0.2) is 0 Å². The van der Waals surface area contributed by atoms with Crippen molar-refractivity contribution in [1.29, 1.82) is 0 Å². The summed E-state index contributed by atoms with van der Waals surface area (Å²) in [6.45, 7) is 0. The second-order valence-electron chi connectivity index (χ2n) is 2.67. The van der Waals surface area contributed by atoms with E-state index < -0.39 is 6.04 Å². The first kappa shape index (κ1) is 8.74. The van der Waals surface area contributed by atoms with Gasteiger partial charge in [-0.05, 0) is 24.1 Å². The average Bonchev–Trinajstić information content (AvgIpc) is 2.09. The Bertz CT molecular complexity index is 256. The minimum Gasteiger partial charge on any atom is -0.399 e. The molecule has 12 heavy (non-hydrogen) atoms. The summed E-state index contributed by atoms with van der Waals surface area (Å²) < 4.78 is 0. The third kappa shape index (κ3) is 2.36. The summed E-state index contributed by atoms with van der Waals surface area (Å²) in [6.07, 6.45) is 2.24. The fourth-order valence-corrected chi connectivity index (χ4v) is 0.949. The Morgan fingerprint density at radius 3 is 2.42 bits per heavy atom. The molecule has 1 aromatic carbocycles. The first-order valence-electron chi connectivity index (χ1n) is 3.70. The van der Waals surface area contributed by atoms with Crippen LogP contribution in [0.3, 0.4) is 0 Å². The predicted molar refractivity (Wildman–Crippen MR) is 48.2 cm³/mol. The quantitative estimate of drug-likeness (QED) is 0.627. The highest BCUT2D eigenvalue weighted by atomic mass is 16.1. The topological polar surface area (TPSA) is 69.1 Å². The van der Waals surface area contributed by atoms with Gasteiger partial charge in [-0.3, -0.25) is 4.79 Å². The van der Waals surface area contributed by atoms with E-state index in [0.717, 1.165) is 5.56 Å². The molecule has 0 fully saturated rings. The van der Waals surface area contributed by atoms with Crippen molar-refractivity contribution in [3.8, 4) is 0 Å². The van der Waals surface area contributed by atoms with E-state index in [0.29, 0.717) is 12.1 Å². The number of carbonyl (C=O) groups excluding carboxylic acids is 1. The van der Waals surface area contributed by atoms with Gasteiger partial charge in [-0.15, -0.1) is 0 Å². The molecule has 1 atom stereocenters. The average molecular weight is 163 g/mol. The lowest BCUT2D eigenvalue weighted by molar-refractivity contribution is 0.541. The Labute approximate surface area is 71.4 Å². The van der Waals surface area contributed by atoms with Gasteiger partial charge in [0.2, 0.25) is 6.29 Å². The maximum Gasteiger partial charge on any atom is 0.217 e. The molecule has 1 unspecified atom stereocenters. The number of benzene rings is 1. The van der Waals surface area contributed by atoms with E-state index in [2.05, 4.69) is 0 Å². The van der Waals surface area contributed by atoms with Gasteiger partial charge >= 0.3 is 0 Å². The molecule has 0 aliphatic carbocycles. The molecule has 0 saturated carbocycles. The van der Waals surface area contributed by atoms with Gasteiger partial charge in [0.05, 0.1) is 6.04 Å². The maximum absolute atomic E-state index is 10.1. The molecule has 0 heterocycles. The molecule has 4 N–H and O–H groups in total.